The number of primary amides is 1. The van der Waals surface area contributed by atoms with Crippen molar-refractivity contribution in [2.45, 2.75) is 18.9 Å². The number of carboxylic acid groups (broad SMARTS) is 1. The van der Waals surface area contributed by atoms with Crippen LogP contribution < -0.4 is 21.7 Å². The molecule has 0 aliphatic heterocycles. The van der Waals surface area contributed by atoms with Crippen LogP contribution in [0.5, 0.6) is 0 Å². The van der Waals surface area contributed by atoms with Gasteiger partial charge in [0.05, 0.1) is 7.11 Å². The predicted molar refractivity (Wildman–Crippen MR) is 66.8 cm³/mol. The first-order chi connectivity index (χ1) is 9.36. The fourth-order valence-electron chi connectivity index (χ4n) is 1.19. The van der Waals surface area contributed by atoms with E-state index in [0.717, 1.165) is 0 Å². The summed E-state index contributed by atoms with van der Waals surface area (Å²) in [5.74, 6) is -1.83. The van der Waals surface area contributed by atoms with Crippen molar-refractivity contribution in [2.75, 3.05) is 20.2 Å². The summed E-state index contributed by atoms with van der Waals surface area (Å²) < 4.78 is 4.37. The molecule has 4 amide bonds. The first-order valence-corrected chi connectivity index (χ1v) is 5.74. The zero-order valence-corrected chi connectivity index (χ0v) is 11.0. The van der Waals surface area contributed by atoms with Crippen molar-refractivity contribution in [1.82, 2.24) is 16.0 Å². The number of carbonyl (C=O) groups excluding carboxylic acids is 3. The number of urea groups is 2. The molecule has 20 heavy (non-hydrogen) atoms. The average Bonchev–Trinajstić information content (AvgIpc) is 2.38. The molecule has 0 aliphatic rings. The second kappa shape index (κ2) is 9.42. The van der Waals surface area contributed by atoms with Crippen LogP contribution in [0.15, 0.2) is 0 Å². The standard InChI is InChI=1S/C10H18N4O6/c1-20-7(15)3-2-6(8(16)17)14-10(19)13-5-4-12-9(11)18/h6H,2-5H2,1H3,(H,16,17)(H3,11,12,18)(H2,13,14,19)/t6-/m0/s1. The molecule has 0 aromatic carbocycles. The molecule has 0 heterocycles. The van der Waals surface area contributed by atoms with Gasteiger partial charge in [-0.3, -0.25) is 4.79 Å². The molecular weight excluding hydrogens is 272 g/mol. The molecule has 0 spiro atoms. The molecular formula is C10H18N4O6. The molecule has 6 N–H and O–H groups in total. The lowest BCUT2D eigenvalue weighted by molar-refractivity contribution is -0.142. The smallest absolute Gasteiger partial charge is 0.326 e. The van der Waals surface area contributed by atoms with Crippen LogP contribution in [0.1, 0.15) is 12.8 Å². The molecule has 0 fully saturated rings. The summed E-state index contributed by atoms with van der Waals surface area (Å²) in [6.07, 6.45) is -0.216. The van der Waals surface area contributed by atoms with Crippen molar-refractivity contribution >= 4 is 24.0 Å². The van der Waals surface area contributed by atoms with E-state index >= 15 is 0 Å². The van der Waals surface area contributed by atoms with E-state index in [-0.39, 0.29) is 25.9 Å². The third kappa shape index (κ3) is 8.55. The van der Waals surface area contributed by atoms with E-state index in [0.29, 0.717) is 0 Å². The van der Waals surface area contributed by atoms with Crippen LogP contribution in [0.3, 0.4) is 0 Å². The van der Waals surface area contributed by atoms with Gasteiger partial charge >= 0.3 is 24.0 Å². The van der Waals surface area contributed by atoms with Gasteiger partial charge in [0.15, 0.2) is 0 Å². The van der Waals surface area contributed by atoms with Gasteiger partial charge in [0.2, 0.25) is 0 Å². The number of hydrogen-bond acceptors (Lipinski definition) is 5. The maximum Gasteiger partial charge on any atom is 0.326 e. The molecule has 0 unspecified atom stereocenters. The van der Waals surface area contributed by atoms with E-state index in [2.05, 4.69) is 20.7 Å². The Balaban J connectivity index is 4.04. The summed E-state index contributed by atoms with van der Waals surface area (Å²) in [6.45, 7) is 0.195. The van der Waals surface area contributed by atoms with Crippen molar-refractivity contribution in [3.05, 3.63) is 0 Å². The fraction of sp³-hybridized carbons (Fsp3) is 0.600. The van der Waals surface area contributed by atoms with Gasteiger partial charge in [-0.25, -0.2) is 14.4 Å². The van der Waals surface area contributed by atoms with Crippen LogP contribution in [0.4, 0.5) is 9.59 Å². The van der Waals surface area contributed by atoms with Crippen molar-refractivity contribution in [2.24, 2.45) is 5.73 Å². The van der Waals surface area contributed by atoms with E-state index in [1.54, 1.807) is 0 Å². The molecule has 0 bridgehead atoms. The SMILES string of the molecule is COC(=O)CC[C@H](NC(=O)NCCNC(N)=O)C(=O)O. The average molecular weight is 290 g/mol. The molecule has 0 aromatic rings. The fourth-order valence-corrected chi connectivity index (χ4v) is 1.19. The molecule has 0 saturated carbocycles. The molecule has 0 aromatic heterocycles. The second-order valence-electron chi connectivity index (χ2n) is 3.70. The van der Waals surface area contributed by atoms with Gasteiger partial charge in [-0.05, 0) is 6.42 Å². The topological polar surface area (TPSA) is 160 Å². The summed E-state index contributed by atoms with van der Waals surface area (Å²) in [5.41, 5.74) is 4.81. The van der Waals surface area contributed by atoms with Crippen LogP contribution in [0.25, 0.3) is 0 Å². The van der Waals surface area contributed by atoms with Crippen molar-refractivity contribution in [1.29, 1.82) is 0 Å². The van der Waals surface area contributed by atoms with Crippen LogP contribution >= 0.6 is 0 Å². The zero-order chi connectivity index (χ0) is 15.5. The number of rotatable bonds is 8. The van der Waals surface area contributed by atoms with Crippen LogP contribution in [-0.4, -0.2) is 55.3 Å². The summed E-state index contributed by atoms with van der Waals surface area (Å²) in [4.78, 5) is 43.5. The Bertz CT molecular complexity index is 373. The molecule has 0 aliphatic carbocycles. The van der Waals surface area contributed by atoms with Crippen LogP contribution in [0.2, 0.25) is 0 Å². The summed E-state index contributed by atoms with van der Waals surface area (Å²) in [5, 5.41) is 15.6. The van der Waals surface area contributed by atoms with Gasteiger partial charge in [0, 0.05) is 19.5 Å². The van der Waals surface area contributed by atoms with Crippen molar-refractivity contribution in [3.63, 3.8) is 0 Å². The Kier molecular flexibility index (Phi) is 8.23. The molecule has 0 saturated heterocycles. The molecule has 114 valence electrons. The van der Waals surface area contributed by atoms with Crippen LogP contribution in [-0.2, 0) is 14.3 Å². The normalized spacial score (nSPS) is 11.1. The van der Waals surface area contributed by atoms with Crippen molar-refractivity contribution < 1.29 is 29.0 Å². The molecule has 10 heteroatoms. The highest BCUT2D eigenvalue weighted by Crippen LogP contribution is 1.99. The Morgan fingerprint density at radius 1 is 1.20 bits per heavy atom. The van der Waals surface area contributed by atoms with E-state index in [9.17, 15) is 19.2 Å². The lowest BCUT2D eigenvalue weighted by atomic mass is 10.1. The number of aliphatic carboxylic acids is 1. The molecule has 10 nitrogen and oxygen atoms in total. The minimum Gasteiger partial charge on any atom is -0.480 e. The zero-order valence-electron chi connectivity index (χ0n) is 11.0. The second-order valence-corrected chi connectivity index (χ2v) is 3.70. The van der Waals surface area contributed by atoms with E-state index in [1.807, 2.05) is 0 Å². The number of carboxylic acids is 1. The first-order valence-electron chi connectivity index (χ1n) is 5.74. The van der Waals surface area contributed by atoms with Gasteiger partial charge < -0.3 is 31.5 Å². The van der Waals surface area contributed by atoms with Gasteiger partial charge in [0.25, 0.3) is 0 Å². The first kappa shape index (κ1) is 17.5. The number of nitrogens with two attached hydrogens (primary N) is 1. The Hall–Kier alpha value is -2.52. The number of esters is 1. The third-order valence-electron chi connectivity index (χ3n) is 2.18. The maximum atomic E-state index is 11.4. The van der Waals surface area contributed by atoms with Gasteiger partial charge in [-0.2, -0.15) is 0 Å². The predicted octanol–water partition coefficient (Wildman–Crippen LogP) is -1.64. The number of ether oxygens (including phenoxy) is 1. The Labute approximate surface area is 115 Å². The summed E-state index contributed by atoms with van der Waals surface area (Å²) >= 11 is 0. The highest BCUT2D eigenvalue weighted by atomic mass is 16.5. The Morgan fingerprint density at radius 3 is 2.30 bits per heavy atom. The summed E-state index contributed by atoms with van der Waals surface area (Å²) in [7, 11) is 1.18. The molecule has 0 radical (unpaired) electrons. The largest absolute Gasteiger partial charge is 0.480 e. The lowest BCUT2D eigenvalue weighted by Gasteiger charge is -2.14. The van der Waals surface area contributed by atoms with E-state index in [4.69, 9.17) is 10.8 Å². The number of methoxy groups -OCH3 is 1. The van der Waals surface area contributed by atoms with Gasteiger partial charge in [0.1, 0.15) is 6.04 Å². The monoisotopic (exact) mass is 290 g/mol. The number of carbonyl (C=O) groups is 4. The highest BCUT2D eigenvalue weighted by Gasteiger charge is 2.20. The minimum absolute atomic E-state index is 0.0815. The van der Waals surface area contributed by atoms with Crippen molar-refractivity contribution in [3.8, 4) is 0 Å². The number of amides is 4. The Morgan fingerprint density at radius 2 is 1.80 bits per heavy atom. The van der Waals surface area contributed by atoms with Crippen LogP contribution in [0, 0.1) is 0 Å². The minimum atomic E-state index is -1.26. The lowest BCUT2D eigenvalue weighted by Crippen LogP contribution is -2.48. The van der Waals surface area contributed by atoms with E-state index in [1.165, 1.54) is 7.11 Å². The third-order valence-corrected chi connectivity index (χ3v) is 2.18. The maximum absolute atomic E-state index is 11.4. The number of nitrogens with one attached hydrogen (secondary N) is 3. The van der Waals surface area contributed by atoms with E-state index < -0.39 is 30.0 Å². The molecule has 1 atom stereocenters. The summed E-state index contributed by atoms with van der Waals surface area (Å²) in [6, 6.07) is -2.67. The van der Waals surface area contributed by atoms with Gasteiger partial charge in [-0.15, -0.1) is 0 Å². The van der Waals surface area contributed by atoms with Gasteiger partial charge in [-0.1, -0.05) is 0 Å². The number of hydrogen-bond donors (Lipinski definition) is 5. The highest BCUT2D eigenvalue weighted by molar-refractivity contribution is 5.83. The quantitative estimate of drug-likeness (QED) is 0.266. The molecule has 0 rings (SSSR count).